The fourth-order valence-electron chi connectivity index (χ4n) is 1.99. The highest BCUT2D eigenvalue weighted by Crippen LogP contribution is 2.30. The van der Waals surface area contributed by atoms with Gasteiger partial charge in [0.05, 0.1) is 10.7 Å². The minimum Gasteiger partial charge on any atom is -0.487 e. The van der Waals surface area contributed by atoms with Gasteiger partial charge < -0.3 is 10.5 Å². The molecule has 0 saturated carbocycles. The van der Waals surface area contributed by atoms with Gasteiger partial charge in [-0.05, 0) is 46.5 Å². The van der Waals surface area contributed by atoms with Gasteiger partial charge in [-0.3, -0.25) is 4.98 Å². The zero-order valence-corrected chi connectivity index (χ0v) is 13.4. The highest BCUT2D eigenvalue weighted by molar-refractivity contribution is 9.10. The number of para-hydroxylation sites is 1. The second-order valence-corrected chi connectivity index (χ2v) is 5.75. The van der Waals surface area contributed by atoms with Gasteiger partial charge in [-0.25, -0.2) is 4.39 Å². The van der Waals surface area contributed by atoms with Crippen LogP contribution in [0.15, 0.2) is 41.1 Å². The van der Waals surface area contributed by atoms with Crippen LogP contribution >= 0.6 is 15.9 Å². The fraction of sp³-hybridized carbons (Fsp3) is 0.312. The molecule has 1 heterocycles. The van der Waals surface area contributed by atoms with Crippen LogP contribution in [0.3, 0.4) is 0 Å². The van der Waals surface area contributed by atoms with Crippen LogP contribution in [-0.2, 0) is 13.0 Å². The lowest BCUT2D eigenvalue weighted by Gasteiger charge is -2.16. The number of hydrogen-bond acceptors (Lipinski definition) is 3. The molecule has 0 bridgehead atoms. The molecule has 0 saturated heterocycles. The van der Waals surface area contributed by atoms with E-state index in [1.165, 1.54) is 12.3 Å². The van der Waals surface area contributed by atoms with E-state index >= 15 is 0 Å². The number of nitrogens with two attached hydrogens (primary N) is 1. The van der Waals surface area contributed by atoms with Crippen molar-refractivity contribution in [3.63, 3.8) is 0 Å². The summed E-state index contributed by atoms with van der Waals surface area (Å²) in [5.74, 6) is 0.391. The number of aromatic nitrogens is 1. The second kappa shape index (κ2) is 7.52. The van der Waals surface area contributed by atoms with Gasteiger partial charge in [0, 0.05) is 17.8 Å². The quantitative estimate of drug-likeness (QED) is 0.858. The maximum Gasteiger partial charge on any atom is 0.141 e. The Bertz CT molecular complexity index is 607. The molecular formula is C16H18BrFN2O. The van der Waals surface area contributed by atoms with Gasteiger partial charge >= 0.3 is 0 Å². The first kappa shape index (κ1) is 15.9. The molecule has 0 radical (unpaired) electrons. The van der Waals surface area contributed by atoms with Crippen LogP contribution in [0.5, 0.6) is 5.75 Å². The van der Waals surface area contributed by atoms with Crippen LogP contribution in [-0.4, -0.2) is 11.0 Å². The summed E-state index contributed by atoms with van der Waals surface area (Å²) in [4.78, 5) is 3.82. The predicted octanol–water partition coefficient (Wildman–Crippen LogP) is 3.84. The highest BCUT2D eigenvalue weighted by atomic mass is 79.9. The molecule has 2 rings (SSSR count). The van der Waals surface area contributed by atoms with Gasteiger partial charge in [-0.15, -0.1) is 0 Å². The van der Waals surface area contributed by atoms with E-state index in [-0.39, 0.29) is 18.5 Å². The van der Waals surface area contributed by atoms with E-state index in [4.69, 9.17) is 10.5 Å². The van der Waals surface area contributed by atoms with Crippen molar-refractivity contribution in [3.8, 4) is 5.75 Å². The Balaban J connectivity index is 2.15. The molecule has 2 aromatic rings. The van der Waals surface area contributed by atoms with Crippen LogP contribution in [0.1, 0.15) is 24.5 Å². The zero-order valence-electron chi connectivity index (χ0n) is 11.9. The van der Waals surface area contributed by atoms with Crippen molar-refractivity contribution >= 4 is 15.9 Å². The summed E-state index contributed by atoms with van der Waals surface area (Å²) in [5.41, 5.74) is 7.76. The van der Waals surface area contributed by atoms with Crippen LogP contribution < -0.4 is 10.5 Å². The fourth-order valence-corrected chi connectivity index (χ4v) is 2.51. The third-order valence-electron chi connectivity index (χ3n) is 3.20. The number of hydrogen-bond donors (Lipinski definition) is 1. The van der Waals surface area contributed by atoms with Crippen molar-refractivity contribution in [1.82, 2.24) is 4.98 Å². The first-order chi connectivity index (χ1) is 10.1. The molecule has 0 aliphatic carbocycles. The van der Waals surface area contributed by atoms with Crippen LogP contribution in [0.4, 0.5) is 4.39 Å². The Hall–Kier alpha value is -1.46. The lowest BCUT2D eigenvalue weighted by atomic mass is 10.0. The average Bonchev–Trinajstić information content (AvgIpc) is 2.46. The lowest BCUT2D eigenvalue weighted by Crippen LogP contribution is -2.21. The van der Waals surface area contributed by atoms with Crippen LogP contribution in [0.25, 0.3) is 0 Å². The SMILES string of the molecule is CCC(N)Cc1cccc(Br)c1OCc1cncc(F)c1. The third-order valence-corrected chi connectivity index (χ3v) is 3.82. The van der Waals surface area contributed by atoms with Gasteiger partial charge in [0.2, 0.25) is 0 Å². The number of rotatable bonds is 6. The zero-order chi connectivity index (χ0) is 15.2. The summed E-state index contributed by atoms with van der Waals surface area (Å²) in [6.07, 6.45) is 4.41. The standard InChI is InChI=1S/C16H18BrFN2O/c1-2-14(19)7-12-4-3-5-15(17)16(12)21-10-11-6-13(18)9-20-8-11/h3-6,8-9,14H,2,7,10,19H2,1H3. The molecule has 1 aromatic heterocycles. The molecule has 0 aliphatic heterocycles. The minimum atomic E-state index is -0.364. The van der Waals surface area contributed by atoms with Crippen molar-refractivity contribution < 1.29 is 9.13 Å². The van der Waals surface area contributed by atoms with Crippen molar-refractivity contribution in [1.29, 1.82) is 0 Å². The number of nitrogens with zero attached hydrogens (tertiary/aromatic N) is 1. The number of pyridine rings is 1. The molecule has 21 heavy (non-hydrogen) atoms. The Morgan fingerprint density at radius 1 is 1.38 bits per heavy atom. The van der Waals surface area contributed by atoms with E-state index in [0.717, 1.165) is 28.6 Å². The molecule has 0 spiro atoms. The normalized spacial score (nSPS) is 12.2. The molecular weight excluding hydrogens is 335 g/mol. The van der Waals surface area contributed by atoms with Crippen molar-refractivity contribution in [2.75, 3.05) is 0 Å². The van der Waals surface area contributed by atoms with Gasteiger partial charge in [0.15, 0.2) is 0 Å². The van der Waals surface area contributed by atoms with Gasteiger partial charge in [0.25, 0.3) is 0 Å². The summed E-state index contributed by atoms with van der Waals surface area (Å²) in [6, 6.07) is 7.39. The Morgan fingerprint density at radius 2 is 2.19 bits per heavy atom. The first-order valence-electron chi connectivity index (χ1n) is 6.85. The third kappa shape index (κ3) is 4.51. The number of benzene rings is 1. The average molecular weight is 353 g/mol. The molecule has 0 aliphatic rings. The Kier molecular flexibility index (Phi) is 5.70. The molecule has 3 nitrogen and oxygen atoms in total. The minimum absolute atomic E-state index is 0.0949. The summed E-state index contributed by atoms with van der Waals surface area (Å²) in [7, 11) is 0. The molecule has 0 amide bonds. The summed E-state index contributed by atoms with van der Waals surface area (Å²) < 4.78 is 19.8. The second-order valence-electron chi connectivity index (χ2n) is 4.90. The molecule has 0 fully saturated rings. The Labute approximate surface area is 132 Å². The topological polar surface area (TPSA) is 48.1 Å². The monoisotopic (exact) mass is 352 g/mol. The molecule has 1 aromatic carbocycles. The molecule has 2 N–H and O–H groups in total. The maximum atomic E-state index is 13.1. The molecule has 5 heteroatoms. The summed E-state index contributed by atoms with van der Waals surface area (Å²) >= 11 is 3.49. The van der Waals surface area contributed by atoms with Gasteiger partial charge in [-0.1, -0.05) is 19.1 Å². The maximum absolute atomic E-state index is 13.1. The number of ether oxygens (including phenoxy) is 1. The van der Waals surface area contributed by atoms with Crippen LogP contribution in [0.2, 0.25) is 0 Å². The van der Waals surface area contributed by atoms with E-state index < -0.39 is 0 Å². The van der Waals surface area contributed by atoms with Gasteiger partial charge in [-0.2, -0.15) is 0 Å². The van der Waals surface area contributed by atoms with Crippen molar-refractivity contribution in [3.05, 3.63) is 58.1 Å². The lowest BCUT2D eigenvalue weighted by molar-refractivity contribution is 0.299. The Morgan fingerprint density at radius 3 is 2.90 bits per heavy atom. The molecule has 112 valence electrons. The van der Waals surface area contributed by atoms with E-state index in [2.05, 4.69) is 27.8 Å². The molecule has 1 atom stereocenters. The number of halogens is 2. The van der Waals surface area contributed by atoms with E-state index in [1.807, 2.05) is 18.2 Å². The largest absolute Gasteiger partial charge is 0.487 e. The summed E-state index contributed by atoms with van der Waals surface area (Å²) in [6.45, 7) is 2.32. The smallest absolute Gasteiger partial charge is 0.141 e. The van der Waals surface area contributed by atoms with E-state index in [0.29, 0.717) is 5.56 Å². The summed E-state index contributed by atoms with van der Waals surface area (Å²) in [5, 5.41) is 0. The first-order valence-corrected chi connectivity index (χ1v) is 7.64. The van der Waals surface area contributed by atoms with Crippen LogP contribution in [0, 0.1) is 5.82 Å². The predicted molar refractivity (Wildman–Crippen MR) is 84.6 cm³/mol. The van der Waals surface area contributed by atoms with E-state index in [9.17, 15) is 4.39 Å². The highest BCUT2D eigenvalue weighted by Gasteiger charge is 2.11. The van der Waals surface area contributed by atoms with Crippen molar-refractivity contribution in [2.24, 2.45) is 5.73 Å². The van der Waals surface area contributed by atoms with E-state index in [1.54, 1.807) is 6.20 Å². The van der Waals surface area contributed by atoms with Crippen molar-refractivity contribution in [2.45, 2.75) is 32.4 Å². The molecule has 1 unspecified atom stereocenters. The van der Waals surface area contributed by atoms with Gasteiger partial charge in [0.1, 0.15) is 18.2 Å².